The van der Waals surface area contributed by atoms with Gasteiger partial charge < -0.3 is 15.7 Å². The lowest BCUT2D eigenvalue weighted by atomic mass is 9.75. The summed E-state index contributed by atoms with van der Waals surface area (Å²) in [5, 5.41) is 15.3. The third-order valence-corrected chi connectivity index (χ3v) is 4.11. The zero-order valence-corrected chi connectivity index (χ0v) is 12.4. The van der Waals surface area contributed by atoms with Gasteiger partial charge in [-0.2, -0.15) is 0 Å². The number of hydrogen-bond donors (Lipinski definition) is 3. The molecule has 0 aromatic rings. The molecule has 1 rings (SSSR count). The molecule has 1 aliphatic rings. The van der Waals surface area contributed by atoms with Crippen molar-refractivity contribution in [1.29, 1.82) is 0 Å². The Labute approximate surface area is 115 Å². The first kappa shape index (κ1) is 16.0. The number of carbonyl (C=O) groups excluding carboxylic acids is 1. The molecular weight excluding hydrogens is 244 g/mol. The van der Waals surface area contributed by atoms with Crippen LogP contribution in [0.4, 0.5) is 0 Å². The number of rotatable bonds is 4. The summed E-state index contributed by atoms with van der Waals surface area (Å²) in [5.74, 6) is -1.08. The van der Waals surface area contributed by atoms with Crippen molar-refractivity contribution in [2.75, 3.05) is 13.1 Å². The van der Waals surface area contributed by atoms with Crippen molar-refractivity contribution in [3.63, 3.8) is 0 Å². The van der Waals surface area contributed by atoms with Gasteiger partial charge in [0.05, 0.1) is 5.41 Å². The van der Waals surface area contributed by atoms with E-state index >= 15 is 0 Å². The lowest BCUT2D eigenvalue weighted by Gasteiger charge is -2.38. The summed E-state index contributed by atoms with van der Waals surface area (Å²) in [6.07, 6.45) is 2.29. The Hall–Kier alpha value is -1.10. The summed E-state index contributed by atoms with van der Waals surface area (Å²) in [7, 11) is 0. The summed E-state index contributed by atoms with van der Waals surface area (Å²) in [5.41, 5.74) is -0.909. The van der Waals surface area contributed by atoms with E-state index in [1.165, 1.54) is 0 Å². The van der Waals surface area contributed by atoms with E-state index in [1.807, 2.05) is 27.7 Å². The topological polar surface area (TPSA) is 78.4 Å². The van der Waals surface area contributed by atoms with Gasteiger partial charge in [0.25, 0.3) is 0 Å². The first-order chi connectivity index (χ1) is 8.73. The van der Waals surface area contributed by atoms with Gasteiger partial charge in [0.2, 0.25) is 5.91 Å². The fraction of sp³-hybridized carbons (Fsp3) is 0.857. The zero-order chi connectivity index (χ0) is 14.7. The molecule has 5 nitrogen and oxygen atoms in total. The number of aliphatic carboxylic acids is 1. The van der Waals surface area contributed by atoms with Crippen LogP contribution in [0, 0.1) is 10.8 Å². The SMILES string of the molecule is CCC1(C(=O)NC(C(=O)O)C(C)(C)C)CCNCC1. The van der Waals surface area contributed by atoms with Crippen LogP contribution < -0.4 is 10.6 Å². The summed E-state index contributed by atoms with van der Waals surface area (Å²) in [4.78, 5) is 23.8. The average Bonchev–Trinajstić information content (AvgIpc) is 2.34. The van der Waals surface area contributed by atoms with Crippen LogP contribution in [0.15, 0.2) is 0 Å². The highest BCUT2D eigenvalue weighted by molar-refractivity contribution is 5.88. The van der Waals surface area contributed by atoms with Crippen molar-refractivity contribution in [2.45, 2.75) is 53.0 Å². The van der Waals surface area contributed by atoms with E-state index in [4.69, 9.17) is 0 Å². The van der Waals surface area contributed by atoms with Gasteiger partial charge in [-0.15, -0.1) is 0 Å². The van der Waals surface area contributed by atoms with Crippen LogP contribution in [0.3, 0.4) is 0 Å². The smallest absolute Gasteiger partial charge is 0.326 e. The Kier molecular flexibility index (Phi) is 4.96. The minimum Gasteiger partial charge on any atom is -0.480 e. The quantitative estimate of drug-likeness (QED) is 0.721. The second-order valence-electron chi connectivity index (χ2n) is 6.49. The molecule has 0 aromatic heterocycles. The summed E-state index contributed by atoms with van der Waals surface area (Å²) >= 11 is 0. The van der Waals surface area contributed by atoms with Gasteiger partial charge in [0.15, 0.2) is 0 Å². The van der Waals surface area contributed by atoms with E-state index in [9.17, 15) is 14.7 Å². The van der Waals surface area contributed by atoms with Gasteiger partial charge >= 0.3 is 5.97 Å². The Bertz CT molecular complexity index is 341. The van der Waals surface area contributed by atoms with E-state index in [0.29, 0.717) is 0 Å². The van der Waals surface area contributed by atoms with Crippen LogP contribution in [0.25, 0.3) is 0 Å². The predicted octanol–water partition coefficient (Wildman–Crippen LogP) is 1.38. The third kappa shape index (κ3) is 3.69. The van der Waals surface area contributed by atoms with E-state index in [-0.39, 0.29) is 5.91 Å². The fourth-order valence-corrected chi connectivity index (χ4v) is 2.58. The maximum Gasteiger partial charge on any atom is 0.326 e. The van der Waals surface area contributed by atoms with Crippen LogP contribution >= 0.6 is 0 Å². The number of carboxylic acid groups (broad SMARTS) is 1. The minimum absolute atomic E-state index is 0.112. The Balaban J connectivity index is 2.83. The van der Waals surface area contributed by atoms with Crippen LogP contribution in [0.2, 0.25) is 0 Å². The van der Waals surface area contributed by atoms with Crippen molar-refractivity contribution in [3.05, 3.63) is 0 Å². The second-order valence-corrected chi connectivity index (χ2v) is 6.49. The van der Waals surface area contributed by atoms with Crippen molar-refractivity contribution in [2.24, 2.45) is 10.8 Å². The second kappa shape index (κ2) is 5.90. The molecule has 0 radical (unpaired) electrons. The van der Waals surface area contributed by atoms with Crippen molar-refractivity contribution < 1.29 is 14.7 Å². The third-order valence-electron chi connectivity index (χ3n) is 4.11. The minimum atomic E-state index is -0.971. The van der Waals surface area contributed by atoms with E-state index in [0.717, 1.165) is 32.4 Å². The molecule has 0 aromatic carbocycles. The Morgan fingerprint density at radius 2 is 1.84 bits per heavy atom. The molecule has 1 aliphatic heterocycles. The lowest BCUT2D eigenvalue weighted by molar-refractivity contribution is -0.147. The van der Waals surface area contributed by atoms with Crippen LogP contribution in [-0.2, 0) is 9.59 Å². The molecule has 1 amide bonds. The Morgan fingerprint density at radius 3 is 2.21 bits per heavy atom. The molecule has 110 valence electrons. The molecule has 1 heterocycles. The highest BCUT2D eigenvalue weighted by atomic mass is 16.4. The molecule has 0 spiro atoms. The lowest BCUT2D eigenvalue weighted by Crippen LogP contribution is -2.55. The van der Waals surface area contributed by atoms with Crippen molar-refractivity contribution in [1.82, 2.24) is 10.6 Å². The highest BCUT2D eigenvalue weighted by Gasteiger charge is 2.41. The molecule has 3 N–H and O–H groups in total. The van der Waals surface area contributed by atoms with Crippen molar-refractivity contribution >= 4 is 11.9 Å². The van der Waals surface area contributed by atoms with Crippen LogP contribution in [-0.4, -0.2) is 36.1 Å². The molecule has 19 heavy (non-hydrogen) atoms. The molecule has 1 fully saturated rings. The van der Waals surface area contributed by atoms with E-state index < -0.39 is 22.8 Å². The van der Waals surface area contributed by atoms with E-state index in [2.05, 4.69) is 10.6 Å². The van der Waals surface area contributed by atoms with Gasteiger partial charge in [-0.25, -0.2) is 4.79 Å². The van der Waals surface area contributed by atoms with Gasteiger partial charge in [-0.05, 0) is 37.8 Å². The van der Waals surface area contributed by atoms with Gasteiger partial charge in [0, 0.05) is 0 Å². The fourth-order valence-electron chi connectivity index (χ4n) is 2.58. The Morgan fingerprint density at radius 1 is 1.32 bits per heavy atom. The maximum absolute atomic E-state index is 12.5. The molecule has 1 atom stereocenters. The van der Waals surface area contributed by atoms with Crippen LogP contribution in [0.5, 0.6) is 0 Å². The first-order valence-electron chi connectivity index (χ1n) is 6.97. The molecule has 0 saturated carbocycles. The monoisotopic (exact) mass is 270 g/mol. The highest BCUT2D eigenvalue weighted by Crippen LogP contribution is 2.33. The maximum atomic E-state index is 12.5. The number of amides is 1. The number of nitrogens with one attached hydrogen (secondary N) is 2. The molecule has 5 heteroatoms. The molecule has 0 aliphatic carbocycles. The number of carboxylic acids is 1. The number of hydrogen-bond acceptors (Lipinski definition) is 3. The van der Waals surface area contributed by atoms with Gasteiger partial charge in [0.1, 0.15) is 6.04 Å². The van der Waals surface area contributed by atoms with Gasteiger partial charge in [-0.3, -0.25) is 4.79 Å². The summed E-state index contributed by atoms with van der Waals surface area (Å²) in [6, 6.07) is -0.849. The average molecular weight is 270 g/mol. The predicted molar refractivity (Wildman–Crippen MR) is 73.8 cm³/mol. The first-order valence-corrected chi connectivity index (χ1v) is 6.97. The molecular formula is C14H26N2O3. The number of carbonyl (C=O) groups is 2. The molecule has 1 unspecified atom stereocenters. The summed E-state index contributed by atoms with van der Waals surface area (Å²) in [6.45, 7) is 9.11. The zero-order valence-electron chi connectivity index (χ0n) is 12.4. The molecule has 1 saturated heterocycles. The van der Waals surface area contributed by atoms with Crippen LogP contribution in [0.1, 0.15) is 47.0 Å². The normalized spacial score (nSPS) is 20.6. The standard InChI is InChI=1S/C14H26N2O3/c1-5-14(6-8-15-9-7-14)12(19)16-10(11(17)18)13(2,3)4/h10,15H,5-9H2,1-4H3,(H,16,19)(H,17,18). The number of piperidine rings is 1. The van der Waals surface area contributed by atoms with Gasteiger partial charge in [-0.1, -0.05) is 27.7 Å². The largest absolute Gasteiger partial charge is 0.480 e. The van der Waals surface area contributed by atoms with E-state index in [1.54, 1.807) is 0 Å². The molecule has 0 bridgehead atoms. The van der Waals surface area contributed by atoms with Crippen molar-refractivity contribution in [3.8, 4) is 0 Å². The summed E-state index contributed by atoms with van der Waals surface area (Å²) < 4.78 is 0.